The monoisotopic (exact) mass is 393 g/mol. The van der Waals surface area contributed by atoms with E-state index in [1.54, 1.807) is 0 Å². The predicted molar refractivity (Wildman–Crippen MR) is 97.4 cm³/mol. The molecule has 10 heteroatoms. The molecule has 144 valence electrons. The maximum Gasteiger partial charge on any atom is 0.339 e. The smallest absolute Gasteiger partial charge is 0.339 e. The summed E-state index contributed by atoms with van der Waals surface area (Å²) in [7, 11) is 1.62. The summed E-state index contributed by atoms with van der Waals surface area (Å²) in [5.74, 6) is -0.977. The Bertz CT molecular complexity index is 955. The molecule has 1 N–H and O–H groups in total. The van der Waals surface area contributed by atoms with Gasteiger partial charge in [-0.25, -0.2) is 17.5 Å². The average Bonchev–Trinajstić information content (AvgIpc) is 2.67. The van der Waals surface area contributed by atoms with Crippen LogP contribution in [-0.2, 0) is 14.8 Å². The molecule has 0 radical (unpaired) electrons. The molecule has 1 amide bonds. The molecule has 0 bridgehead atoms. The van der Waals surface area contributed by atoms with Crippen LogP contribution < -0.4 is 10.1 Å². The Hall–Kier alpha value is -2.98. The van der Waals surface area contributed by atoms with Crippen molar-refractivity contribution in [1.82, 2.24) is 9.29 Å². The Morgan fingerprint density at radius 3 is 2.33 bits per heavy atom. The number of hydrogen-bond acceptors (Lipinski definition) is 7. The third-order valence-electron chi connectivity index (χ3n) is 3.60. The van der Waals surface area contributed by atoms with Crippen LogP contribution in [0.4, 0.5) is 5.69 Å². The standard InChI is InChI=1S/C17H19N3O6S/c1-20(2)27(23,24)15-9-12(6-8-14(15)25-3)19-16(21)13-7-5-11(10-18-13)17(22)26-4/h5-10H,1-4H3,(H,19,21). The second kappa shape index (κ2) is 8.14. The van der Waals surface area contributed by atoms with E-state index in [1.165, 1.54) is 64.8 Å². The van der Waals surface area contributed by atoms with Gasteiger partial charge in [-0.2, -0.15) is 0 Å². The zero-order valence-corrected chi connectivity index (χ0v) is 16.0. The number of esters is 1. The summed E-state index contributed by atoms with van der Waals surface area (Å²) in [4.78, 5) is 27.6. The summed E-state index contributed by atoms with van der Waals surface area (Å²) < 4.78 is 35.6. The normalized spacial score (nSPS) is 11.1. The fourth-order valence-corrected chi connectivity index (χ4v) is 3.19. The third kappa shape index (κ3) is 4.41. The van der Waals surface area contributed by atoms with E-state index in [0.717, 1.165) is 4.31 Å². The first kappa shape index (κ1) is 20.3. The molecule has 0 spiro atoms. The fourth-order valence-electron chi connectivity index (χ4n) is 2.11. The number of carbonyl (C=O) groups is 2. The highest BCUT2D eigenvalue weighted by Crippen LogP contribution is 2.29. The number of hydrogen-bond donors (Lipinski definition) is 1. The number of benzene rings is 1. The molecule has 0 aliphatic rings. The highest BCUT2D eigenvalue weighted by Gasteiger charge is 2.23. The Balaban J connectivity index is 2.29. The molecule has 0 unspecified atom stereocenters. The highest BCUT2D eigenvalue weighted by atomic mass is 32.2. The number of carbonyl (C=O) groups excluding carboxylic acids is 2. The molecule has 0 saturated carbocycles. The number of amides is 1. The quantitative estimate of drug-likeness (QED) is 0.737. The van der Waals surface area contributed by atoms with Gasteiger partial charge in [-0.3, -0.25) is 9.78 Å². The molecular weight excluding hydrogens is 374 g/mol. The van der Waals surface area contributed by atoms with Crippen LogP contribution in [0.2, 0.25) is 0 Å². The van der Waals surface area contributed by atoms with Crippen molar-refractivity contribution in [3.05, 3.63) is 47.8 Å². The third-order valence-corrected chi connectivity index (χ3v) is 5.43. The van der Waals surface area contributed by atoms with Gasteiger partial charge in [0.05, 0.1) is 19.8 Å². The Labute approximate surface area is 157 Å². The first-order chi connectivity index (χ1) is 12.7. The van der Waals surface area contributed by atoms with E-state index >= 15 is 0 Å². The molecule has 0 fully saturated rings. The Kier molecular flexibility index (Phi) is 6.13. The summed E-state index contributed by atoms with van der Waals surface area (Å²) in [6, 6.07) is 7.02. The van der Waals surface area contributed by atoms with Gasteiger partial charge in [-0.05, 0) is 30.3 Å². The largest absolute Gasteiger partial charge is 0.495 e. The van der Waals surface area contributed by atoms with Gasteiger partial charge in [-0.1, -0.05) is 0 Å². The molecule has 0 saturated heterocycles. The maximum absolute atomic E-state index is 12.4. The molecule has 2 rings (SSSR count). The van der Waals surface area contributed by atoms with E-state index in [9.17, 15) is 18.0 Å². The van der Waals surface area contributed by atoms with Crippen LogP contribution in [0, 0.1) is 0 Å². The summed E-state index contributed by atoms with van der Waals surface area (Å²) in [6.45, 7) is 0. The van der Waals surface area contributed by atoms with Crippen molar-refractivity contribution in [2.24, 2.45) is 0 Å². The van der Waals surface area contributed by atoms with Gasteiger partial charge in [0, 0.05) is 26.0 Å². The number of sulfonamides is 1. The summed E-state index contributed by atoms with van der Waals surface area (Å²) in [5.41, 5.74) is 0.508. The first-order valence-electron chi connectivity index (χ1n) is 7.67. The van der Waals surface area contributed by atoms with Crippen molar-refractivity contribution in [3.63, 3.8) is 0 Å². The van der Waals surface area contributed by atoms with Gasteiger partial charge < -0.3 is 14.8 Å². The van der Waals surface area contributed by atoms with Gasteiger partial charge >= 0.3 is 5.97 Å². The lowest BCUT2D eigenvalue weighted by molar-refractivity contribution is 0.0600. The van der Waals surface area contributed by atoms with Gasteiger partial charge in [0.25, 0.3) is 5.91 Å². The number of pyridine rings is 1. The Morgan fingerprint density at radius 2 is 1.81 bits per heavy atom. The number of nitrogens with zero attached hydrogens (tertiary/aromatic N) is 2. The number of nitrogens with one attached hydrogen (secondary N) is 1. The second-order valence-corrected chi connectivity index (χ2v) is 7.65. The van der Waals surface area contributed by atoms with E-state index in [0.29, 0.717) is 0 Å². The van der Waals surface area contributed by atoms with E-state index in [2.05, 4.69) is 15.0 Å². The van der Waals surface area contributed by atoms with Crippen LogP contribution in [0.15, 0.2) is 41.4 Å². The minimum atomic E-state index is -3.77. The minimum Gasteiger partial charge on any atom is -0.495 e. The molecule has 27 heavy (non-hydrogen) atoms. The van der Waals surface area contributed by atoms with Crippen LogP contribution >= 0.6 is 0 Å². The molecule has 0 aliphatic heterocycles. The molecule has 1 heterocycles. The van der Waals surface area contributed by atoms with Crippen molar-refractivity contribution in [2.75, 3.05) is 33.6 Å². The molecule has 9 nitrogen and oxygen atoms in total. The van der Waals surface area contributed by atoms with Gasteiger partial charge in [-0.15, -0.1) is 0 Å². The van der Waals surface area contributed by atoms with E-state index < -0.39 is 21.9 Å². The van der Waals surface area contributed by atoms with Crippen LogP contribution in [0.25, 0.3) is 0 Å². The zero-order chi connectivity index (χ0) is 20.2. The van der Waals surface area contributed by atoms with Crippen LogP contribution in [0.5, 0.6) is 5.75 Å². The fraction of sp³-hybridized carbons (Fsp3) is 0.235. The molecule has 0 atom stereocenters. The number of rotatable bonds is 6. The lowest BCUT2D eigenvalue weighted by Crippen LogP contribution is -2.23. The van der Waals surface area contributed by atoms with Gasteiger partial charge in [0.2, 0.25) is 10.0 Å². The number of anilines is 1. The maximum atomic E-state index is 12.4. The number of ether oxygens (including phenoxy) is 2. The van der Waals surface area contributed by atoms with E-state index in [1.807, 2.05) is 0 Å². The average molecular weight is 393 g/mol. The van der Waals surface area contributed by atoms with Crippen molar-refractivity contribution < 1.29 is 27.5 Å². The minimum absolute atomic E-state index is 0.0514. The topological polar surface area (TPSA) is 115 Å². The molecule has 0 aliphatic carbocycles. The number of methoxy groups -OCH3 is 2. The summed E-state index contributed by atoms with van der Waals surface area (Å²) in [5, 5.41) is 2.57. The van der Waals surface area contributed by atoms with Crippen LogP contribution in [0.3, 0.4) is 0 Å². The van der Waals surface area contributed by atoms with Crippen molar-refractivity contribution >= 4 is 27.6 Å². The van der Waals surface area contributed by atoms with Crippen LogP contribution in [0.1, 0.15) is 20.8 Å². The summed E-state index contributed by atoms with van der Waals surface area (Å²) >= 11 is 0. The second-order valence-electron chi connectivity index (χ2n) is 5.53. The van der Waals surface area contributed by atoms with E-state index in [4.69, 9.17) is 4.74 Å². The van der Waals surface area contributed by atoms with Gasteiger partial charge in [0.15, 0.2) is 0 Å². The molecule has 2 aromatic rings. The first-order valence-corrected chi connectivity index (χ1v) is 9.11. The summed E-state index contributed by atoms with van der Waals surface area (Å²) in [6.07, 6.45) is 1.22. The Morgan fingerprint density at radius 1 is 1.11 bits per heavy atom. The number of aromatic nitrogens is 1. The van der Waals surface area contributed by atoms with Gasteiger partial charge in [0.1, 0.15) is 16.3 Å². The zero-order valence-electron chi connectivity index (χ0n) is 15.2. The lowest BCUT2D eigenvalue weighted by Gasteiger charge is -2.15. The molecular formula is C17H19N3O6S. The SMILES string of the molecule is COC(=O)c1ccc(C(=O)Nc2ccc(OC)c(S(=O)(=O)N(C)C)c2)nc1. The van der Waals surface area contributed by atoms with E-state index in [-0.39, 0.29) is 27.6 Å². The lowest BCUT2D eigenvalue weighted by atomic mass is 10.2. The molecule has 1 aromatic carbocycles. The van der Waals surface area contributed by atoms with Crippen LogP contribution in [-0.4, -0.2) is 57.9 Å². The van der Waals surface area contributed by atoms with Crippen molar-refractivity contribution in [2.45, 2.75) is 4.90 Å². The highest BCUT2D eigenvalue weighted by molar-refractivity contribution is 7.89. The predicted octanol–water partition coefficient (Wildman–Crippen LogP) is 1.38. The molecule has 1 aromatic heterocycles. The van der Waals surface area contributed by atoms with Crippen molar-refractivity contribution in [1.29, 1.82) is 0 Å². The van der Waals surface area contributed by atoms with Crippen molar-refractivity contribution in [3.8, 4) is 5.75 Å².